The zero-order valence-electron chi connectivity index (χ0n) is 13.0. The number of hydrogen-bond acceptors (Lipinski definition) is 6. The molecule has 1 aromatic carbocycles. The molecule has 3 rings (SSSR count). The number of carbonyl (C=O) groups is 1. The van der Waals surface area contributed by atoms with Gasteiger partial charge in [-0.3, -0.25) is 10.1 Å². The van der Waals surface area contributed by atoms with Crippen LogP contribution in [0.1, 0.15) is 12.8 Å². The van der Waals surface area contributed by atoms with Gasteiger partial charge in [0, 0.05) is 17.6 Å². The monoisotopic (exact) mass is 334 g/mol. The molecule has 1 aliphatic rings. The Morgan fingerprint density at radius 3 is 2.87 bits per heavy atom. The highest BCUT2D eigenvalue weighted by molar-refractivity contribution is 7.14. The number of methoxy groups -OCH3 is 2. The predicted molar refractivity (Wildman–Crippen MR) is 88.3 cm³/mol. The van der Waals surface area contributed by atoms with Crippen LogP contribution in [0.25, 0.3) is 11.3 Å². The van der Waals surface area contributed by atoms with Gasteiger partial charge in [0.25, 0.3) is 5.91 Å². The molecule has 1 aromatic heterocycles. The molecule has 122 valence electrons. The summed E-state index contributed by atoms with van der Waals surface area (Å²) in [7, 11) is 3.19. The molecule has 1 aliphatic heterocycles. The van der Waals surface area contributed by atoms with Crippen molar-refractivity contribution in [2.75, 3.05) is 26.1 Å². The molecule has 0 spiro atoms. The molecule has 1 amide bonds. The molecule has 1 N–H and O–H groups in total. The predicted octanol–water partition coefficient (Wildman–Crippen LogP) is 2.94. The van der Waals surface area contributed by atoms with Gasteiger partial charge in [0.2, 0.25) is 0 Å². The van der Waals surface area contributed by atoms with E-state index in [-0.39, 0.29) is 12.0 Å². The van der Waals surface area contributed by atoms with Crippen molar-refractivity contribution < 1.29 is 19.0 Å². The van der Waals surface area contributed by atoms with E-state index < -0.39 is 0 Å². The Kier molecular flexibility index (Phi) is 4.78. The number of thiazole rings is 1. The van der Waals surface area contributed by atoms with E-state index in [1.807, 2.05) is 23.6 Å². The molecule has 1 fully saturated rings. The smallest absolute Gasteiger partial charge is 0.255 e. The maximum atomic E-state index is 12.0. The minimum absolute atomic E-state index is 0.129. The van der Waals surface area contributed by atoms with Gasteiger partial charge in [-0.15, -0.1) is 11.3 Å². The number of amides is 1. The number of rotatable bonds is 5. The van der Waals surface area contributed by atoms with Gasteiger partial charge >= 0.3 is 0 Å². The van der Waals surface area contributed by atoms with E-state index in [4.69, 9.17) is 14.2 Å². The molecule has 0 bridgehead atoms. The lowest BCUT2D eigenvalue weighted by atomic mass is 10.1. The van der Waals surface area contributed by atoms with Crippen molar-refractivity contribution in [3.8, 4) is 22.8 Å². The molecule has 1 unspecified atom stereocenters. The molecular formula is C16H18N2O4S. The van der Waals surface area contributed by atoms with Gasteiger partial charge in [-0.1, -0.05) is 0 Å². The van der Waals surface area contributed by atoms with Crippen LogP contribution in [-0.4, -0.2) is 37.8 Å². The van der Waals surface area contributed by atoms with Gasteiger partial charge in [0.15, 0.2) is 16.6 Å². The van der Waals surface area contributed by atoms with Crippen LogP contribution in [0.2, 0.25) is 0 Å². The van der Waals surface area contributed by atoms with E-state index in [0.717, 1.165) is 24.1 Å². The first-order valence-corrected chi connectivity index (χ1v) is 8.19. The van der Waals surface area contributed by atoms with E-state index in [1.54, 1.807) is 14.2 Å². The van der Waals surface area contributed by atoms with E-state index in [0.29, 0.717) is 23.2 Å². The molecule has 23 heavy (non-hydrogen) atoms. The topological polar surface area (TPSA) is 69.7 Å². The van der Waals surface area contributed by atoms with Gasteiger partial charge in [-0.05, 0) is 31.0 Å². The van der Waals surface area contributed by atoms with Gasteiger partial charge in [0.1, 0.15) is 6.10 Å². The molecule has 2 heterocycles. The minimum atomic E-state index is -0.358. The summed E-state index contributed by atoms with van der Waals surface area (Å²) in [6.07, 6.45) is 1.33. The molecular weight excluding hydrogens is 316 g/mol. The molecule has 0 radical (unpaired) electrons. The number of carbonyl (C=O) groups excluding carboxylic acids is 1. The van der Waals surface area contributed by atoms with Gasteiger partial charge < -0.3 is 14.2 Å². The largest absolute Gasteiger partial charge is 0.493 e. The Morgan fingerprint density at radius 2 is 2.17 bits per heavy atom. The number of nitrogens with zero attached hydrogens (tertiary/aromatic N) is 1. The van der Waals surface area contributed by atoms with Crippen molar-refractivity contribution in [1.82, 2.24) is 4.98 Å². The first kappa shape index (κ1) is 15.8. The second-order valence-corrected chi connectivity index (χ2v) is 5.96. The Hall–Kier alpha value is -2.12. The third kappa shape index (κ3) is 3.46. The van der Waals surface area contributed by atoms with Crippen LogP contribution in [0.4, 0.5) is 5.13 Å². The summed E-state index contributed by atoms with van der Waals surface area (Å²) in [5.74, 6) is 1.18. The zero-order chi connectivity index (χ0) is 16.2. The van der Waals surface area contributed by atoms with Crippen LogP contribution in [-0.2, 0) is 9.53 Å². The number of hydrogen-bond donors (Lipinski definition) is 1. The summed E-state index contributed by atoms with van der Waals surface area (Å²) in [5, 5.41) is 5.27. The summed E-state index contributed by atoms with van der Waals surface area (Å²) in [6.45, 7) is 0.646. The third-order valence-corrected chi connectivity index (χ3v) is 4.39. The van der Waals surface area contributed by atoms with Crippen LogP contribution in [0.3, 0.4) is 0 Å². The molecule has 0 aliphatic carbocycles. The lowest BCUT2D eigenvalue weighted by Gasteiger charge is -2.08. The van der Waals surface area contributed by atoms with Gasteiger partial charge in [-0.25, -0.2) is 4.98 Å². The first-order valence-electron chi connectivity index (χ1n) is 7.31. The zero-order valence-corrected chi connectivity index (χ0v) is 13.8. The van der Waals surface area contributed by atoms with E-state index in [9.17, 15) is 4.79 Å². The van der Waals surface area contributed by atoms with E-state index >= 15 is 0 Å². The minimum Gasteiger partial charge on any atom is -0.493 e. The quantitative estimate of drug-likeness (QED) is 0.910. The third-order valence-electron chi connectivity index (χ3n) is 3.64. The number of aromatic nitrogens is 1. The summed E-state index contributed by atoms with van der Waals surface area (Å²) >= 11 is 1.38. The number of nitrogens with one attached hydrogen (secondary N) is 1. The Morgan fingerprint density at radius 1 is 1.35 bits per heavy atom. The Balaban J connectivity index is 1.75. The summed E-state index contributed by atoms with van der Waals surface area (Å²) < 4.78 is 15.9. The van der Waals surface area contributed by atoms with Crippen molar-refractivity contribution in [3.63, 3.8) is 0 Å². The molecule has 7 heteroatoms. The van der Waals surface area contributed by atoms with Crippen LogP contribution < -0.4 is 14.8 Å². The lowest BCUT2D eigenvalue weighted by Crippen LogP contribution is -2.26. The Labute approximate surface area is 138 Å². The van der Waals surface area contributed by atoms with E-state index in [1.165, 1.54) is 11.3 Å². The van der Waals surface area contributed by atoms with Crippen molar-refractivity contribution in [1.29, 1.82) is 0 Å². The first-order chi connectivity index (χ1) is 11.2. The second-order valence-electron chi connectivity index (χ2n) is 5.10. The highest BCUT2D eigenvalue weighted by atomic mass is 32.1. The van der Waals surface area contributed by atoms with Crippen LogP contribution in [0.15, 0.2) is 23.6 Å². The molecule has 1 atom stereocenters. The average molecular weight is 334 g/mol. The standard InChI is InChI=1S/C16H18N2O4S/c1-20-12-6-5-10(8-14(12)21-2)11-9-23-16(17-11)18-15(19)13-4-3-7-22-13/h5-6,8-9,13H,3-4,7H2,1-2H3,(H,17,18,19). The fraction of sp³-hybridized carbons (Fsp3) is 0.375. The molecule has 2 aromatic rings. The second kappa shape index (κ2) is 6.97. The number of benzene rings is 1. The summed E-state index contributed by atoms with van der Waals surface area (Å²) in [5.41, 5.74) is 1.68. The summed E-state index contributed by atoms with van der Waals surface area (Å²) in [4.78, 5) is 16.5. The van der Waals surface area contributed by atoms with Gasteiger partial charge in [-0.2, -0.15) is 0 Å². The van der Waals surface area contributed by atoms with Crippen molar-refractivity contribution in [2.24, 2.45) is 0 Å². The van der Waals surface area contributed by atoms with Gasteiger partial charge in [0.05, 0.1) is 19.9 Å². The SMILES string of the molecule is COc1ccc(-c2csc(NC(=O)C3CCCO3)n2)cc1OC. The average Bonchev–Trinajstić information content (AvgIpc) is 3.25. The van der Waals surface area contributed by atoms with Crippen molar-refractivity contribution in [2.45, 2.75) is 18.9 Å². The van der Waals surface area contributed by atoms with Crippen LogP contribution in [0.5, 0.6) is 11.5 Å². The fourth-order valence-corrected chi connectivity index (χ4v) is 3.15. The molecule has 1 saturated heterocycles. The highest BCUT2D eigenvalue weighted by Gasteiger charge is 2.24. The molecule has 0 saturated carbocycles. The van der Waals surface area contributed by atoms with Crippen LogP contribution >= 0.6 is 11.3 Å². The fourth-order valence-electron chi connectivity index (χ4n) is 2.43. The number of anilines is 1. The summed E-state index contributed by atoms with van der Waals surface area (Å²) in [6, 6.07) is 5.60. The Bertz CT molecular complexity index is 695. The lowest BCUT2D eigenvalue weighted by molar-refractivity contribution is -0.124. The van der Waals surface area contributed by atoms with Crippen molar-refractivity contribution >= 4 is 22.4 Å². The molecule has 6 nitrogen and oxygen atoms in total. The normalized spacial score (nSPS) is 17.0. The number of ether oxygens (including phenoxy) is 3. The maximum Gasteiger partial charge on any atom is 0.255 e. The van der Waals surface area contributed by atoms with E-state index in [2.05, 4.69) is 10.3 Å². The van der Waals surface area contributed by atoms with Crippen LogP contribution in [0, 0.1) is 0 Å². The maximum absolute atomic E-state index is 12.0. The highest BCUT2D eigenvalue weighted by Crippen LogP contribution is 2.33. The van der Waals surface area contributed by atoms with Crippen molar-refractivity contribution in [3.05, 3.63) is 23.6 Å².